The first kappa shape index (κ1) is 9.23. The highest BCUT2D eigenvalue weighted by atomic mass is 15.1. The van der Waals surface area contributed by atoms with Crippen molar-refractivity contribution in [1.82, 2.24) is 0 Å². The van der Waals surface area contributed by atoms with Gasteiger partial charge in [0.2, 0.25) is 0 Å². The molecule has 10 heavy (non-hydrogen) atoms. The lowest BCUT2D eigenvalue weighted by Crippen LogP contribution is -3.06. The van der Waals surface area contributed by atoms with E-state index in [4.69, 9.17) is 11.5 Å². The minimum Gasteiger partial charge on any atom is -0.340 e. The van der Waals surface area contributed by atoms with Crippen molar-refractivity contribution in [2.24, 2.45) is 11.5 Å². The number of guanidine groups is 1. The Bertz CT molecular complexity index is 104. The lowest BCUT2D eigenvalue weighted by Gasteiger charge is -2.03. The minimum absolute atomic E-state index is 0.314. The van der Waals surface area contributed by atoms with Gasteiger partial charge in [0.15, 0.2) is 0 Å². The topological polar surface area (TPSA) is 70.5 Å². The van der Waals surface area contributed by atoms with Gasteiger partial charge in [-0.2, -0.15) is 0 Å². The summed E-state index contributed by atoms with van der Waals surface area (Å²) in [7, 11) is 4.24. The van der Waals surface area contributed by atoms with Crippen LogP contribution in [0.5, 0.6) is 0 Å². The molecule has 0 aromatic rings. The first-order chi connectivity index (χ1) is 4.63. The minimum atomic E-state index is 0.314. The molecule has 0 radical (unpaired) electrons. The Morgan fingerprint density at radius 2 is 2.00 bits per heavy atom. The zero-order chi connectivity index (χ0) is 7.98. The van der Waals surface area contributed by atoms with E-state index in [0.717, 1.165) is 19.5 Å². The fourth-order valence-electron chi connectivity index (χ4n) is 0.675. The monoisotopic (exact) mass is 146 g/mol. The average Bonchev–Trinajstić information content (AvgIpc) is 1.79. The van der Waals surface area contributed by atoms with Gasteiger partial charge >= 0.3 is 5.96 Å². The smallest absolute Gasteiger partial charge is 0.338 e. The van der Waals surface area contributed by atoms with E-state index in [1.54, 1.807) is 0 Å². The van der Waals surface area contributed by atoms with E-state index >= 15 is 0 Å². The zero-order valence-corrected chi connectivity index (χ0v) is 6.78. The molecule has 0 spiro atoms. The molecular weight excluding hydrogens is 128 g/mol. The van der Waals surface area contributed by atoms with Crippen LogP contribution in [0, 0.1) is 0 Å². The summed E-state index contributed by atoms with van der Waals surface area (Å²) in [4.78, 5) is 4.30. The molecule has 0 aromatic heterocycles. The summed E-state index contributed by atoms with van der Waals surface area (Å²) in [6.45, 7) is 2.01. The summed E-state index contributed by atoms with van der Waals surface area (Å²) in [6, 6.07) is 0. The van der Waals surface area contributed by atoms with E-state index in [1.165, 1.54) is 4.90 Å². The third kappa shape index (κ3) is 7.23. The summed E-state index contributed by atoms with van der Waals surface area (Å²) >= 11 is 0. The number of nitrogens with one attached hydrogen (secondary N) is 2. The SMILES string of the molecule is C[NH+](C)CCC[NH+]=C(N)N. The third-order valence-electron chi connectivity index (χ3n) is 1.18. The van der Waals surface area contributed by atoms with Crippen molar-refractivity contribution in [3.05, 3.63) is 0 Å². The van der Waals surface area contributed by atoms with Gasteiger partial charge in [-0.3, -0.25) is 16.5 Å². The maximum Gasteiger partial charge on any atom is 0.338 e. The van der Waals surface area contributed by atoms with Crippen molar-refractivity contribution in [1.29, 1.82) is 0 Å². The van der Waals surface area contributed by atoms with Gasteiger partial charge in [-0.1, -0.05) is 0 Å². The molecule has 0 rings (SSSR count). The summed E-state index contributed by atoms with van der Waals surface area (Å²) in [6.07, 6.45) is 1.10. The van der Waals surface area contributed by atoms with E-state index in [2.05, 4.69) is 19.1 Å². The molecule has 0 aliphatic heterocycles. The highest BCUT2D eigenvalue weighted by Gasteiger charge is 1.92. The second-order valence-electron chi connectivity index (χ2n) is 2.69. The summed E-state index contributed by atoms with van der Waals surface area (Å²) in [5.41, 5.74) is 10.4. The normalized spacial score (nSPS) is 9.90. The molecule has 0 aromatic carbocycles. The predicted octanol–water partition coefficient (Wildman–Crippen LogP) is -4.12. The van der Waals surface area contributed by atoms with Gasteiger partial charge in [0.05, 0.1) is 27.2 Å². The van der Waals surface area contributed by atoms with Gasteiger partial charge in [0, 0.05) is 6.42 Å². The largest absolute Gasteiger partial charge is 0.340 e. The number of nitrogens with two attached hydrogens (primary N) is 2. The van der Waals surface area contributed by atoms with Gasteiger partial charge in [-0.05, 0) is 0 Å². The molecule has 4 nitrogen and oxygen atoms in total. The fourth-order valence-corrected chi connectivity index (χ4v) is 0.675. The first-order valence-electron chi connectivity index (χ1n) is 3.53. The van der Waals surface area contributed by atoms with Gasteiger partial charge in [0.1, 0.15) is 0 Å². The Hall–Kier alpha value is -0.770. The van der Waals surface area contributed by atoms with Gasteiger partial charge in [0.25, 0.3) is 0 Å². The van der Waals surface area contributed by atoms with Gasteiger partial charge in [-0.15, -0.1) is 0 Å². The van der Waals surface area contributed by atoms with Crippen molar-refractivity contribution < 1.29 is 9.89 Å². The van der Waals surface area contributed by atoms with Crippen LogP contribution in [0.25, 0.3) is 0 Å². The van der Waals surface area contributed by atoms with Crippen molar-refractivity contribution in [2.75, 3.05) is 27.2 Å². The first-order valence-corrected chi connectivity index (χ1v) is 3.53. The molecule has 0 fully saturated rings. The molecule has 4 heteroatoms. The van der Waals surface area contributed by atoms with Crippen LogP contribution in [-0.4, -0.2) is 33.1 Å². The Morgan fingerprint density at radius 1 is 1.40 bits per heavy atom. The summed E-state index contributed by atoms with van der Waals surface area (Å²) in [5.74, 6) is 0.314. The number of quaternary nitrogens is 1. The van der Waals surface area contributed by atoms with Crippen molar-refractivity contribution in [3.8, 4) is 0 Å². The second kappa shape index (κ2) is 5.05. The van der Waals surface area contributed by atoms with Crippen LogP contribution < -0.4 is 21.4 Å². The summed E-state index contributed by atoms with van der Waals surface area (Å²) < 4.78 is 0. The van der Waals surface area contributed by atoms with Crippen molar-refractivity contribution in [2.45, 2.75) is 6.42 Å². The maximum atomic E-state index is 5.19. The second-order valence-corrected chi connectivity index (χ2v) is 2.69. The molecule has 0 saturated carbocycles. The lowest BCUT2D eigenvalue weighted by atomic mass is 10.4. The van der Waals surface area contributed by atoms with Crippen LogP contribution in [0.3, 0.4) is 0 Å². The average molecular weight is 146 g/mol. The van der Waals surface area contributed by atoms with E-state index in [0.29, 0.717) is 5.96 Å². The number of hydrogen-bond donors (Lipinski definition) is 4. The maximum absolute atomic E-state index is 5.19. The molecule has 60 valence electrons. The van der Waals surface area contributed by atoms with Crippen LogP contribution in [0.1, 0.15) is 6.42 Å². The molecule has 0 amide bonds. The van der Waals surface area contributed by atoms with Gasteiger partial charge in [-0.25, -0.2) is 0 Å². The molecule has 0 bridgehead atoms. The van der Waals surface area contributed by atoms with E-state index in [1.807, 2.05) is 0 Å². The summed E-state index contributed by atoms with van der Waals surface area (Å²) in [5, 5.41) is 0. The highest BCUT2D eigenvalue weighted by Crippen LogP contribution is 1.57. The van der Waals surface area contributed by atoms with E-state index in [-0.39, 0.29) is 0 Å². The van der Waals surface area contributed by atoms with Crippen molar-refractivity contribution >= 4 is 5.96 Å². The Morgan fingerprint density at radius 3 is 2.40 bits per heavy atom. The fraction of sp³-hybridized carbons (Fsp3) is 0.833. The number of hydrogen-bond acceptors (Lipinski definition) is 0. The molecule has 0 aliphatic rings. The van der Waals surface area contributed by atoms with Crippen LogP contribution in [0.2, 0.25) is 0 Å². The van der Waals surface area contributed by atoms with Crippen molar-refractivity contribution in [3.63, 3.8) is 0 Å². The van der Waals surface area contributed by atoms with E-state index < -0.39 is 0 Å². The quantitative estimate of drug-likeness (QED) is 0.185. The Balaban J connectivity index is 3.13. The predicted molar refractivity (Wildman–Crippen MR) is 41.5 cm³/mol. The molecule has 0 heterocycles. The highest BCUT2D eigenvalue weighted by molar-refractivity contribution is 5.69. The molecule has 0 unspecified atom stereocenters. The van der Waals surface area contributed by atoms with Crippen LogP contribution >= 0.6 is 0 Å². The molecule has 0 saturated heterocycles. The standard InChI is InChI=1S/C6H16N4/c1-10(2)5-3-4-9-6(7)8/h3-5H2,1-2H3,(H4,7,8,9)/p+2. The third-order valence-corrected chi connectivity index (χ3v) is 1.18. The van der Waals surface area contributed by atoms with Gasteiger partial charge < -0.3 is 4.90 Å². The zero-order valence-electron chi connectivity index (χ0n) is 6.78. The Labute approximate surface area is 61.9 Å². The molecule has 6 N–H and O–H groups in total. The number of rotatable bonds is 4. The van der Waals surface area contributed by atoms with E-state index in [9.17, 15) is 0 Å². The lowest BCUT2D eigenvalue weighted by molar-refractivity contribution is -0.859. The molecular formula is C6H18N4+2. The van der Waals surface area contributed by atoms with Crippen LogP contribution in [0.15, 0.2) is 0 Å². The molecule has 0 aliphatic carbocycles. The van der Waals surface area contributed by atoms with Crippen LogP contribution in [-0.2, 0) is 0 Å². The Kier molecular flexibility index (Phi) is 4.66. The van der Waals surface area contributed by atoms with Crippen LogP contribution in [0.4, 0.5) is 0 Å². The molecule has 0 atom stereocenters.